The molecule has 5 aromatic carbocycles. The molecule has 0 unspecified atom stereocenters. The molecular formula is C51H52N2O14. The number of alkyl carbamates (subject to hydrolysis) is 1. The van der Waals surface area contributed by atoms with Crippen LogP contribution in [0.3, 0.4) is 0 Å². The van der Waals surface area contributed by atoms with Gasteiger partial charge in [-0.25, -0.2) is 14.4 Å². The quantitative estimate of drug-likeness (QED) is 0.0273. The number of fused-ring (bicyclic) bond motifs is 3. The third-order valence-electron chi connectivity index (χ3n) is 10.2. The van der Waals surface area contributed by atoms with Gasteiger partial charge in [-0.15, -0.1) is 0 Å². The molecule has 1 aliphatic carbocycles. The minimum atomic E-state index is -0.709. The Balaban J connectivity index is 0.741. The van der Waals surface area contributed by atoms with Crippen molar-refractivity contribution in [2.75, 3.05) is 72.6 Å². The Morgan fingerprint density at radius 2 is 0.985 bits per heavy atom. The zero-order chi connectivity index (χ0) is 47.1. The van der Waals surface area contributed by atoms with Crippen molar-refractivity contribution in [1.82, 2.24) is 10.6 Å². The zero-order valence-electron chi connectivity index (χ0n) is 36.8. The van der Waals surface area contributed by atoms with Gasteiger partial charge < -0.3 is 48.5 Å². The number of ether oxygens (including phenoxy) is 8. The van der Waals surface area contributed by atoms with Crippen molar-refractivity contribution in [3.8, 4) is 22.6 Å². The highest BCUT2D eigenvalue weighted by atomic mass is 16.6. The van der Waals surface area contributed by atoms with E-state index in [1.807, 2.05) is 36.4 Å². The third kappa shape index (κ3) is 15.9. The number of benzene rings is 5. The van der Waals surface area contributed by atoms with Crippen molar-refractivity contribution in [3.05, 3.63) is 155 Å². The summed E-state index contributed by atoms with van der Waals surface area (Å²) in [5.41, 5.74) is 5.77. The Labute approximate surface area is 387 Å². The van der Waals surface area contributed by atoms with E-state index >= 15 is 0 Å². The Morgan fingerprint density at radius 1 is 0.478 bits per heavy atom. The largest absolute Gasteiger partial charge is 0.463 e. The van der Waals surface area contributed by atoms with E-state index in [2.05, 4.69) is 22.8 Å². The molecule has 5 aromatic rings. The first-order chi connectivity index (χ1) is 32.7. The topological polar surface area (TPSA) is 200 Å². The van der Waals surface area contributed by atoms with E-state index in [4.69, 9.17) is 37.9 Å². The van der Waals surface area contributed by atoms with Gasteiger partial charge in [0.2, 0.25) is 5.91 Å². The molecule has 0 fully saturated rings. The summed E-state index contributed by atoms with van der Waals surface area (Å²) < 4.78 is 43.1. The highest BCUT2D eigenvalue weighted by molar-refractivity contribution is 5.93. The molecule has 16 heteroatoms. The predicted molar refractivity (Wildman–Crippen MR) is 243 cm³/mol. The first-order valence-corrected chi connectivity index (χ1v) is 21.8. The van der Waals surface area contributed by atoms with Crippen molar-refractivity contribution >= 4 is 35.9 Å². The molecule has 2 amide bonds. The number of rotatable bonds is 26. The van der Waals surface area contributed by atoms with Gasteiger partial charge in [0.1, 0.15) is 26.4 Å². The SMILES string of the molecule is O=C(CCC(=O)OCCOCCOCCOCCOC(=O)CNC(=O)OCC1c2ccccc2-c2ccccc21)NCCc1ccc(OC(=O)c2ccccc2)c(OC(=O)c2ccccc2)c1. The Kier molecular flexibility index (Phi) is 19.4. The zero-order valence-corrected chi connectivity index (χ0v) is 36.8. The van der Waals surface area contributed by atoms with Crippen LogP contribution in [0.4, 0.5) is 4.79 Å². The summed E-state index contributed by atoms with van der Waals surface area (Å²) in [6, 6.07) is 37.6. The fourth-order valence-corrected chi connectivity index (χ4v) is 6.88. The van der Waals surface area contributed by atoms with Gasteiger partial charge in [-0.05, 0) is 70.6 Å². The van der Waals surface area contributed by atoms with Gasteiger partial charge in [0, 0.05) is 18.9 Å². The maximum absolute atomic E-state index is 12.9. The molecule has 0 aromatic heterocycles. The van der Waals surface area contributed by atoms with Crippen LogP contribution < -0.4 is 20.1 Å². The van der Waals surface area contributed by atoms with Crippen LogP contribution in [0.1, 0.15) is 56.2 Å². The highest BCUT2D eigenvalue weighted by Crippen LogP contribution is 2.44. The van der Waals surface area contributed by atoms with Gasteiger partial charge in [0.05, 0.1) is 57.2 Å². The second kappa shape index (κ2) is 26.5. The van der Waals surface area contributed by atoms with Gasteiger partial charge >= 0.3 is 30.0 Å². The predicted octanol–water partition coefficient (Wildman–Crippen LogP) is 6.24. The maximum atomic E-state index is 12.9. The van der Waals surface area contributed by atoms with E-state index in [0.717, 1.165) is 22.3 Å². The van der Waals surface area contributed by atoms with E-state index in [0.29, 0.717) is 23.1 Å². The molecule has 16 nitrogen and oxygen atoms in total. The summed E-state index contributed by atoms with van der Waals surface area (Å²) in [5.74, 6) is -2.75. The monoisotopic (exact) mass is 916 g/mol. The fourth-order valence-electron chi connectivity index (χ4n) is 6.88. The Hall–Kier alpha value is -7.40. The number of carbonyl (C=O) groups is 6. The first-order valence-electron chi connectivity index (χ1n) is 21.8. The number of hydrogen-bond acceptors (Lipinski definition) is 14. The summed E-state index contributed by atoms with van der Waals surface area (Å²) in [6.07, 6.45) is -0.543. The molecular weight excluding hydrogens is 865 g/mol. The van der Waals surface area contributed by atoms with Crippen LogP contribution in [0.15, 0.2) is 127 Å². The second-order valence-electron chi connectivity index (χ2n) is 14.8. The second-order valence-corrected chi connectivity index (χ2v) is 14.8. The molecule has 67 heavy (non-hydrogen) atoms. The van der Waals surface area contributed by atoms with Crippen molar-refractivity contribution in [3.63, 3.8) is 0 Å². The van der Waals surface area contributed by atoms with Gasteiger partial charge in [-0.3, -0.25) is 14.4 Å². The Morgan fingerprint density at radius 3 is 1.57 bits per heavy atom. The van der Waals surface area contributed by atoms with Gasteiger partial charge in [-0.1, -0.05) is 91.0 Å². The van der Waals surface area contributed by atoms with Crippen molar-refractivity contribution in [1.29, 1.82) is 0 Å². The molecule has 0 radical (unpaired) electrons. The van der Waals surface area contributed by atoms with E-state index in [1.54, 1.807) is 72.8 Å². The molecule has 2 N–H and O–H groups in total. The van der Waals surface area contributed by atoms with Crippen molar-refractivity contribution in [2.45, 2.75) is 25.2 Å². The molecule has 1 aliphatic rings. The lowest BCUT2D eigenvalue weighted by molar-refractivity contribution is -0.146. The van der Waals surface area contributed by atoms with Crippen LogP contribution in [0, 0.1) is 0 Å². The molecule has 0 bridgehead atoms. The molecule has 0 atom stereocenters. The lowest BCUT2D eigenvalue weighted by Crippen LogP contribution is -2.32. The van der Waals surface area contributed by atoms with Gasteiger partial charge in [0.25, 0.3) is 0 Å². The fraction of sp³-hybridized carbons (Fsp3) is 0.294. The van der Waals surface area contributed by atoms with Crippen LogP contribution >= 0.6 is 0 Å². The molecule has 0 aliphatic heterocycles. The summed E-state index contributed by atoms with van der Waals surface area (Å²) in [6.45, 7) is 1.41. The van der Waals surface area contributed by atoms with E-state index in [-0.39, 0.29) is 109 Å². The Bertz CT molecular complexity index is 2380. The summed E-state index contributed by atoms with van der Waals surface area (Å²) >= 11 is 0. The summed E-state index contributed by atoms with van der Waals surface area (Å²) in [7, 11) is 0. The average Bonchev–Trinajstić information content (AvgIpc) is 3.67. The molecule has 0 saturated carbocycles. The number of esters is 4. The normalized spacial score (nSPS) is 11.4. The molecule has 0 saturated heterocycles. The maximum Gasteiger partial charge on any atom is 0.407 e. The van der Waals surface area contributed by atoms with Gasteiger partial charge in [0.15, 0.2) is 11.5 Å². The van der Waals surface area contributed by atoms with Crippen LogP contribution in [-0.2, 0) is 49.2 Å². The van der Waals surface area contributed by atoms with Crippen molar-refractivity contribution < 1.29 is 66.7 Å². The van der Waals surface area contributed by atoms with Crippen molar-refractivity contribution in [2.24, 2.45) is 0 Å². The third-order valence-corrected chi connectivity index (χ3v) is 10.2. The summed E-state index contributed by atoms with van der Waals surface area (Å²) in [4.78, 5) is 74.5. The lowest BCUT2D eigenvalue weighted by atomic mass is 9.98. The van der Waals surface area contributed by atoms with Crippen LogP contribution in [0.5, 0.6) is 11.5 Å². The summed E-state index contributed by atoms with van der Waals surface area (Å²) in [5, 5.41) is 5.18. The van der Waals surface area contributed by atoms with Gasteiger partial charge in [-0.2, -0.15) is 0 Å². The average molecular weight is 917 g/mol. The smallest absolute Gasteiger partial charge is 0.407 e. The number of carbonyl (C=O) groups excluding carboxylic acids is 6. The number of amides is 2. The lowest BCUT2D eigenvalue weighted by Gasteiger charge is -2.14. The highest BCUT2D eigenvalue weighted by Gasteiger charge is 2.29. The van der Waals surface area contributed by atoms with E-state index < -0.39 is 30.0 Å². The standard InChI is InChI=1S/C51H52N2O14/c54-46(52-24-23-36-19-20-44(66-49(57)37-11-3-1-4-12-37)45(33-36)67-50(58)38-13-5-2-6-14-38)21-22-47(55)63-31-29-61-27-25-60-26-28-62-30-32-64-48(56)34-53-51(59)65-35-43-41-17-9-7-15-39(41)40-16-8-10-18-42(40)43/h1-20,33,43H,21-32,34-35H2,(H,52,54)(H,53,59). The molecule has 350 valence electrons. The molecule has 0 heterocycles. The first kappa shape index (κ1) is 49.0. The van der Waals surface area contributed by atoms with Crippen LogP contribution in [-0.4, -0.2) is 108 Å². The van der Waals surface area contributed by atoms with Crippen LogP contribution in [0.2, 0.25) is 0 Å². The minimum absolute atomic E-state index is 0.00303. The van der Waals surface area contributed by atoms with E-state index in [1.165, 1.54) is 6.07 Å². The van der Waals surface area contributed by atoms with Crippen LogP contribution in [0.25, 0.3) is 11.1 Å². The number of nitrogens with one attached hydrogen (secondary N) is 2. The molecule has 6 rings (SSSR count). The number of hydrogen-bond donors (Lipinski definition) is 2. The van der Waals surface area contributed by atoms with E-state index in [9.17, 15) is 28.8 Å². The minimum Gasteiger partial charge on any atom is -0.463 e. The molecule has 0 spiro atoms.